The predicted octanol–water partition coefficient (Wildman–Crippen LogP) is 2.72. The average molecular weight is 436 g/mol. The molecule has 11 heteroatoms. The minimum Gasteiger partial charge on any atom is -0.369 e. The Kier molecular flexibility index (Phi) is 4.46. The normalized spacial score (nSPS) is 21.2. The maximum atomic E-state index is 14.9. The zero-order valence-corrected chi connectivity index (χ0v) is 17.5. The van der Waals surface area contributed by atoms with Crippen LogP contribution in [0.3, 0.4) is 0 Å². The molecule has 0 amide bonds. The van der Waals surface area contributed by atoms with E-state index in [4.69, 9.17) is 10.3 Å². The van der Waals surface area contributed by atoms with Gasteiger partial charge in [-0.3, -0.25) is 0 Å². The number of aromatic nitrogens is 2. The molecule has 0 radical (unpaired) electrons. The van der Waals surface area contributed by atoms with Crippen LogP contribution in [0.5, 0.6) is 0 Å². The molecular formula is C18H18FN5O3S2. The van der Waals surface area contributed by atoms with Gasteiger partial charge in [0, 0.05) is 24.4 Å². The second-order valence-corrected chi connectivity index (χ2v) is 10.0. The third-order valence-electron chi connectivity index (χ3n) is 4.67. The van der Waals surface area contributed by atoms with Crippen molar-refractivity contribution in [1.29, 1.82) is 0 Å². The highest BCUT2D eigenvalue weighted by molar-refractivity contribution is 7.89. The average Bonchev–Trinajstić information content (AvgIpc) is 3.26. The maximum absolute atomic E-state index is 14.9. The Hall–Kier alpha value is -2.79. The highest BCUT2D eigenvalue weighted by atomic mass is 32.2. The number of hydrogen-bond acceptors (Lipinski definition) is 8. The molecule has 3 aromatic rings. The lowest BCUT2D eigenvalue weighted by molar-refractivity contribution is 0.394. The van der Waals surface area contributed by atoms with Gasteiger partial charge < -0.3 is 10.3 Å². The summed E-state index contributed by atoms with van der Waals surface area (Å²) >= 11 is 1.15. The first-order chi connectivity index (χ1) is 13.6. The van der Waals surface area contributed by atoms with Crippen LogP contribution in [0, 0.1) is 12.7 Å². The summed E-state index contributed by atoms with van der Waals surface area (Å²) in [4.78, 5) is 9.33. The molecule has 1 aromatic carbocycles. The zero-order valence-electron chi connectivity index (χ0n) is 15.9. The maximum Gasteiger partial charge on any atom is 0.239 e. The van der Waals surface area contributed by atoms with Gasteiger partial charge in [-0.25, -0.2) is 22.1 Å². The summed E-state index contributed by atoms with van der Waals surface area (Å²) in [6, 6.07) is 8.67. The molecule has 2 N–H and O–H groups in total. The SMILES string of the molecule is Cc1nc(-c2cccc(-c3cc(F)c(C4(C)CS(=O)(=O)N(C)C(N)=N4)s3)c2)no1. The van der Waals surface area contributed by atoms with Crippen molar-refractivity contribution in [3.05, 3.63) is 46.9 Å². The Morgan fingerprint density at radius 3 is 2.69 bits per heavy atom. The van der Waals surface area contributed by atoms with E-state index in [9.17, 15) is 12.8 Å². The van der Waals surface area contributed by atoms with Crippen molar-refractivity contribution in [3.63, 3.8) is 0 Å². The van der Waals surface area contributed by atoms with E-state index in [0.29, 0.717) is 16.6 Å². The number of nitrogens with two attached hydrogens (primary N) is 1. The zero-order chi connectivity index (χ0) is 21.0. The number of benzene rings is 1. The number of halogens is 1. The quantitative estimate of drug-likeness (QED) is 0.676. The third kappa shape index (κ3) is 3.40. The number of aliphatic imine (C=N–C) groups is 1. The molecule has 2 aromatic heterocycles. The van der Waals surface area contributed by atoms with Crippen molar-refractivity contribution in [2.45, 2.75) is 19.4 Å². The molecular weight excluding hydrogens is 417 g/mol. The van der Waals surface area contributed by atoms with E-state index in [0.717, 1.165) is 26.8 Å². The minimum atomic E-state index is -3.69. The van der Waals surface area contributed by atoms with Crippen LogP contribution in [0.25, 0.3) is 21.8 Å². The van der Waals surface area contributed by atoms with Gasteiger partial charge in [0.15, 0.2) is 0 Å². The van der Waals surface area contributed by atoms with Gasteiger partial charge in [-0.1, -0.05) is 23.4 Å². The van der Waals surface area contributed by atoms with E-state index in [1.165, 1.54) is 13.1 Å². The molecule has 1 aliphatic heterocycles. The van der Waals surface area contributed by atoms with Gasteiger partial charge in [0.1, 0.15) is 11.4 Å². The highest BCUT2D eigenvalue weighted by Gasteiger charge is 2.42. The van der Waals surface area contributed by atoms with E-state index >= 15 is 0 Å². The van der Waals surface area contributed by atoms with Crippen LogP contribution in [-0.4, -0.2) is 41.6 Å². The largest absolute Gasteiger partial charge is 0.369 e. The predicted molar refractivity (Wildman–Crippen MR) is 108 cm³/mol. The summed E-state index contributed by atoms with van der Waals surface area (Å²) < 4.78 is 45.6. The van der Waals surface area contributed by atoms with Crippen LogP contribution in [0.4, 0.5) is 4.39 Å². The monoisotopic (exact) mass is 435 g/mol. The molecule has 29 heavy (non-hydrogen) atoms. The Bertz CT molecular complexity index is 1230. The summed E-state index contributed by atoms with van der Waals surface area (Å²) in [5.41, 5.74) is 5.95. The lowest BCUT2D eigenvalue weighted by atomic mass is 10.0. The van der Waals surface area contributed by atoms with Crippen molar-refractivity contribution in [2.24, 2.45) is 10.7 Å². The van der Waals surface area contributed by atoms with Crippen molar-refractivity contribution in [2.75, 3.05) is 12.8 Å². The Morgan fingerprint density at radius 1 is 1.31 bits per heavy atom. The van der Waals surface area contributed by atoms with Crippen LogP contribution in [0.1, 0.15) is 17.7 Å². The van der Waals surface area contributed by atoms with E-state index in [1.807, 2.05) is 24.3 Å². The van der Waals surface area contributed by atoms with Gasteiger partial charge in [-0.15, -0.1) is 11.3 Å². The van der Waals surface area contributed by atoms with Crippen LogP contribution < -0.4 is 5.73 Å². The van der Waals surface area contributed by atoms with E-state index in [1.54, 1.807) is 13.8 Å². The molecule has 8 nitrogen and oxygen atoms in total. The van der Waals surface area contributed by atoms with Gasteiger partial charge in [0.05, 0.1) is 10.6 Å². The molecule has 3 heterocycles. The standard InChI is InChI=1S/C18H18FN5O3S2/c1-10-21-16(23-27-10)12-6-4-5-11(7-12)14-8-13(19)15(28-14)18(2)9-29(25,26)24(3)17(20)22-18/h4-8H,9H2,1-3H3,(H2,20,22). The van der Waals surface area contributed by atoms with Crippen molar-refractivity contribution in [1.82, 2.24) is 14.4 Å². The number of nitrogens with zero attached hydrogens (tertiary/aromatic N) is 4. The first-order valence-corrected chi connectivity index (χ1v) is 11.0. The molecule has 152 valence electrons. The Morgan fingerprint density at radius 2 is 2.03 bits per heavy atom. The Balaban J connectivity index is 1.76. The number of hydrogen-bond donors (Lipinski definition) is 1. The molecule has 4 rings (SSSR count). The molecule has 0 fully saturated rings. The molecule has 1 unspecified atom stereocenters. The summed E-state index contributed by atoms with van der Waals surface area (Å²) in [7, 11) is -2.36. The topological polar surface area (TPSA) is 115 Å². The molecule has 0 aliphatic carbocycles. The number of guanidine groups is 1. The summed E-state index contributed by atoms with van der Waals surface area (Å²) in [6.07, 6.45) is 0. The van der Waals surface area contributed by atoms with Crippen molar-refractivity contribution >= 4 is 27.3 Å². The number of thiophene rings is 1. The fraction of sp³-hybridized carbons (Fsp3) is 0.278. The number of sulfonamides is 1. The molecule has 1 atom stereocenters. The second-order valence-electron chi connectivity index (χ2n) is 6.97. The highest BCUT2D eigenvalue weighted by Crippen LogP contribution is 2.41. The van der Waals surface area contributed by atoms with E-state index < -0.39 is 21.4 Å². The lowest BCUT2D eigenvalue weighted by Gasteiger charge is -2.33. The van der Waals surface area contributed by atoms with Gasteiger partial charge in [0.25, 0.3) is 0 Å². The van der Waals surface area contributed by atoms with E-state index in [2.05, 4.69) is 15.1 Å². The lowest BCUT2D eigenvalue weighted by Crippen LogP contribution is -2.50. The first-order valence-electron chi connectivity index (χ1n) is 8.62. The van der Waals surface area contributed by atoms with Crippen molar-refractivity contribution < 1.29 is 17.3 Å². The smallest absolute Gasteiger partial charge is 0.239 e. The van der Waals surface area contributed by atoms with Gasteiger partial charge in [-0.05, 0) is 24.6 Å². The molecule has 1 aliphatic rings. The molecule has 0 saturated carbocycles. The van der Waals surface area contributed by atoms with Gasteiger partial charge >= 0.3 is 0 Å². The van der Waals surface area contributed by atoms with Crippen LogP contribution in [0.15, 0.2) is 39.8 Å². The second kappa shape index (κ2) is 6.63. The van der Waals surface area contributed by atoms with Crippen LogP contribution in [-0.2, 0) is 15.6 Å². The fourth-order valence-corrected chi connectivity index (χ4v) is 5.82. The third-order valence-corrected chi connectivity index (χ3v) is 8.03. The Labute approximate surface area is 170 Å². The fourth-order valence-electron chi connectivity index (χ4n) is 3.17. The summed E-state index contributed by atoms with van der Waals surface area (Å²) in [5.74, 6) is -0.169. The van der Waals surface area contributed by atoms with Gasteiger partial charge in [-0.2, -0.15) is 4.98 Å². The van der Waals surface area contributed by atoms with E-state index in [-0.39, 0.29) is 16.6 Å². The molecule has 0 spiro atoms. The van der Waals surface area contributed by atoms with Gasteiger partial charge in [0.2, 0.25) is 27.7 Å². The molecule has 0 bridgehead atoms. The first kappa shape index (κ1) is 19.5. The summed E-state index contributed by atoms with van der Waals surface area (Å²) in [6.45, 7) is 3.27. The van der Waals surface area contributed by atoms with Crippen molar-refractivity contribution in [3.8, 4) is 21.8 Å². The summed E-state index contributed by atoms with van der Waals surface area (Å²) in [5, 5.41) is 3.90. The minimum absolute atomic E-state index is 0.164. The number of rotatable bonds is 3. The molecule has 0 saturated heterocycles. The van der Waals surface area contributed by atoms with Crippen LogP contribution >= 0.6 is 11.3 Å². The van der Waals surface area contributed by atoms with Crippen LogP contribution in [0.2, 0.25) is 0 Å². The number of aryl methyl sites for hydroxylation is 1.